The van der Waals surface area contributed by atoms with Crippen molar-refractivity contribution in [2.24, 2.45) is 0 Å². The van der Waals surface area contributed by atoms with E-state index in [4.69, 9.17) is 5.26 Å². The average Bonchev–Trinajstić information content (AvgIpc) is 2.11. The van der Waals surface area contributed by atoms with Crippen LogP contribution in [0.3, 0.4) is 0 Å². The standard InChI is InChI=1S/C6H10N2O4S/c1-12-6(9)2-5-13(10,11)8-4-3-7/h8H,2,4-5H2,1H3. The summed E-state index contributed by atoms with van der Waals surface area (Å²) >= 11 is 0. The lowest BCUT2D eigenvalue weighted by molar-refractivity contribution is -0.140. The molecule has 1 N–H and O–H groups in total. The Morgan fingerprint density at radius 1 is 1.62 bits per heavy atom. The number of ether oxygens (including phenoxy) is 1. The predicted octanol–water partition coefficient (Wildman–Crippen LogP) is -1.01. The monoisotopic (exact) mass is 206 g/mol. The zero-order valence-electron chi connectivity index (χ0n) is 7.11. The molecule has 0 heterocycles. The Morgan fingerprint density at radius 3 is 2.69 bits per heavy atom. The Morgan fingerprint density at radius 2 is 2.23 bits per heavy atom. The third-order valence-electron chi connectivity index (χ3n) is 1.17. The molecule has 0 bridgehead atoms. The third-order valence-corrected chi connectivity index (χ3v) is 2.50. The van der Waals surface area contributed by atoms with E-state index in [9.17, 15) is 13.2 Å². The largest absolute Gasteiger partial charge is 0.469 e. The van der Waals surface area contributed by atoms with Crippen molar-refractivity contribution in [3.63, 3.8) is 0 Å². The number of carbonyl (C=O) groups excluding carboxylic acids is 1. The minimum Gasteiger partial charge on any atom is -0.469 e. The van der Waals surface area contributed by atoms with Crippen LogP contribution in [0.15, 0.2) is 0 Å². The first-order valence-electron chi connectivity index (χ1n) is 3.43. The number of sulfonamides is 1. The molecular weight excluding hydrogens is 196 g/mol. The average molecular weight is 206 g/mol. The van der Waals surface area contributed by atoms with Crippen LogP contribution in [0.25, 0.3) is 0 Å². The lowest BCUT2D eigenvalue weighted by atomic mass is 10.5. The second-order valence-corrected chi connectivity index (χ2v) is 4.05. The van der Waals surface area contributed by atoms with Crippen molar-refractivity contribution in [3.05, 3.63) is 0 Å². The van der Waals surface area contributed by atoms with E-state index in [-0.39, 0.29) is 18.7 Å². The molecule has 0 aliphatic rings. The van der Waals surface area contributed by atoms with Crippen LogP contribution in [-0.2, 0) is 19.6 Å². The van der Waals surface area contributed by atoms with Crippen molar-refractivity contribution in [3.8, 4) is 6.07 Å². The Balaban J connectivity index is 3.91. The van der Waals surface area contributed by atoms with E-state index in [1.165, 1.54) is 7.11 Å². The van der Waals surface area contributed by atoms with Gasteiger partial charge in [0.1, 0.15) is 0 Å². The van der Waals surface area contributed by atoms with Gasteiger partial charge in [-0.2, -0.15) is 5.26 Å². The number of esters is 1. The van der Waals surface area contributed by atoms with Crippen molar-refractivity contribution in [1.29, 1.82) is 5.26 Å². The van der Waals surface area contributed by atoms with Crippen LogP contribution < -0.4 is 4.72 Å². The zero-order valence-corrected chi connectivity index (χ0v) is 7.93. The topological polar surface area (TPSA) is 96.3 Å². The normalized spacial score (nSPS) is 10.5. The second kappa shape index (κ2) is 5.50. The van der Waals surface area contributed by atoms with Gasteiger partial charge in [-0.25, -0.2) is 13.1 Å². The predicted molar refractivity (Wildman–Crippen MR) is 44.0 cm³/mol. The Labute approximate surface area is 76.5 Å². The van der Waals surface area contributed by atoms with Gasteiger partial charge in [0.25, 0.3) is 0 Å². The van der Waals surface area contributed by atoms with Crippen molar-refractivity contribution in [2.75, 3.05) is 19.4 Å². The van der Waals surface area contributed by atoms with E-state index in [2.05, 4.69) is 4.74 Å². The lowest BCUT2D eigenvalue weighted by Crippen LogP contribution is -2.27. The summed E-state index contributed by atoms with van der Waals surface area (Å²) in [6, 6.07) is 1.62. The van der Waals surface area contributed by atoms with Gasteiger partial charge in [-0.05, 0) is 0 Å². The molecule has 13 heavy (non-hydrogen) atoms. The number of carbonyl (C=O) groups is 1. The molecule has 0 unspecified atom stereocenters. The summed E-state index contributed by atoms with van der Waals surface area (Å²) in [7, 11) is -2.34. The van der Waals surface area contributed by atoms with E-state index in [1.54, 1.807) is 6.07 Å². The van der Waals surface area contributed by atoms with Crippen LogP contribution in [0, 0.1) is 11.3 Å². The summed E-state index contributed by atoms with van der Waals surface area (Å²) in [5.41, 5.74) is 0. The Kier molecular flexibility index (Phi) is 5.03. The summed E-state index contributed by atoms with van der Waals surface area (Å²) < 4.78 is 28.1. The summed E-state index contributed by atoms with van der Waals surface area (Å²) in [4.78, 5) is 10.6. The number of rotatable bonds is 5. The minimum atomic E-state index is -3.52. The van der Waals surface area contributed by atoms with E-state index < -0.39 is 16.0 Å². The summed E-state index contributed by atoms with van der Waals surface area (Å²) in [5.74, 6) is -0.955. The number of nitriles is 1. The van der Waals surface area contributed by atoms with Crippen LogP contribution in [0.5, 0.6) is 0 Å². The highest BCUT2D eigenvalue weighted by atomic mass is 32.2. The molecule has 7 heteroatoms. The van der Waals surface area contributed by atoms with E-state index in [0.717, 1.165) is 0 Å². The maximum atomic E-state index is 10.9. The maximum Gasteiger partial charge on any atom is 0.306 e. The van der Waals surface area contributed by atoms with Gasteiger partial charge in [-0.3, -0.25) is 4.79 Å². The van der Waals surface area contributed by atoms with Crippen LogP contribution in [0.2, 0.25) is 0 Å². The molecular formula is C6H10N2O4S. The fraction of sp³-hybridized carbons (Fsp3) is 0.667. The van der Waals surface area contributed by atoms with Gasteiger partial charge in [-0.15, -0.1) is 0 Å². The van der Waals surface area contributed by atoms with Gasteiger partial charge in [0, 0.05) is 0 Å². The van der Waals surface area contributed by atoms with Gasteiger partial charge >= 0.3 is 5.97 Å². The van der Waals surface area contributed by atoms with Gasteiger partial charge < -0.3 is 4.74 Å². The van der Waals surface area contributed by atoms with Crippen molar-refractivity contribution in [2.45, 2.75) is 6.42 Å². The first-order valence-corrected chi connectivity index (χ1v) is 5.08. The van der Waals surface area contributed by atoms with Crippen molar-refractivity contribution >= 4 is 16.0 Å². The van der Waals surface area contributed by atoms with Crippen LogP contribution in [0.1, 0.15) is 6.42 Å². The molecule has 74 valence electrons. The molecule has 0 fully saturated rings. The molecule has 0 aliphatic carbocycles. The van der Waals surface area contributed by atoms with Crippen LogP contribution in [-0.4, -0.2) is 33.8 Å². The van der Waals surface area contributed by atoms with Gasteiger partial charge in [-0.1, -0.05) is 0 Å². The van der Waals surface area contributed by atoms with E-state index in [0.29, 0.717) is 0 Å². The first kappa shape index (κ1) is 11.9. The smallest absolute Gasteiger partial charge is 0.306 e. The van der Waals surface area contributed by atoms with Crippen LogP contribution >= 0.6 is 0 Å². The minimum absolute atomic E-state index is 0.211. The zero-order chi connectivity index (χ0) is 10.3. The van der Waals surface area contributed by atoms with Gasteiger partial charge in [0.2, 0.25) is 10.0 Å². The first-order chi connectivity index (χ1) is 6.02. The molecule has 0 aromatic carbocycles. The molecule has 6 nitrogen and oxygen atoms in total. The molecule has 0 rings (SSSR count). The fourth-order valence-electron chi connectivity index (χ4n) is 0.534. The molecule has 0 atom stereocenters. The summed E-state index contributed by atoms with van der Waals surface area (Å²) in [6.45, 7) is -0.288. The fourth-order valence-corrected chi connectivity index (χ4v) is 1.40. The molecule has 0 aliphatic heterocycles. The number of hydrogen-bond donors (Lipinski definition) is 1. The Hall–Kier alpha value is -1.13. The van der Waals surface area contributed by atoms with Gasteiger partial charge in [0.05, 0.1) is 31.9 Å². The van der Waals surface area contributed by atoms with E-state index >= 15 is 0 Å². The molecule has 0 saturated heterocycles. The maximum absolute atomic E-state index is 10.9. The quantitative estimate of drug-likeness (QED) is 0.459. The second-order valence-electron chi connectivity index (χ2n) is 2.12. The summed E-state index contributed by atoms with van der Waals surface area (Å²) in [6.07, 6.45) is -0.211. The molecule has 0 aromatic heterocycles. The number of nitrogens with one attached hydrogen (secondary N) is 1. The van der Waals surface area contributed by atoms with Crippen molar-refractivity contribution < 1.29 is 17.9 Å². The highest BCUT2D eigenvalue weighted by molar-refractivity contribution is 7.89. The highest BCUT2D eigenvalue weighted by Gasteiger charge is 2.12. The van der Waals surface area contributed by atoms with Crippen molar-refractivity contribution in [1.82, 2.24) is 4.72 Å². The highest BCUT2D eigenvalue weighted by Crippen LogP contribution is 1.90. The summed E-state index contributed by atoms with van der Waals surface area (Å²) in [5, 5.41) is 8.08. The number of hydrogen-bond acceptors (Lipinski definition) is 5. The van der Waals surface area contributed by atoms with Gasteiger partial charge in [0.15, 0.2) is 0 Å². The lowest BCUT2D eigenvalue weighted by Gasteiger charge is -2.01. The molecule has 0 radical (unpaired) electrons. The number of methoxy groups -OCH3 is 1. The molecule has 0 amide bonds. The molecule has 0 saturated carbocycles. The number of nitrogens with zero attached hydrogens (tertiary/aromatic N) is 1. The SMILES string of the molecule is COC(=O)CCS(=O)(=O)NCC#N. The van der Waals surface area contributed by atoms with E-state index in [1.807, 2.05) is 4.72 Å². The van der Waals surface area contributed by atoms with Crippen LogP contribution in [0.4, 0.5) is 0 Å². The third kappa shape index (κ3) is 6.07. The Bertz CT molecular complexity index is 303. The molecule has 0 spiro atoms. The molecule has 0 aromatic rings.